The number of carbonyl (C=O) groups excluding carboxylic acids is 1. The van der Waals surface area contributed by atoms with Crippen LogP contribution in [-0.4, -0.2) is 61.9 Å². The first kappa shape index (κ1) is 50.4. The average Bonchev–Trinajstić information content (AvgIpc) is 3.31. The molecule has 0 unspecified atom stereocenters. The molecule has 0 bridgehead atoms. The molecule has 0 spiro atoms. The Hall–Kier alpha value is -1.71. The number of ether oxygens (including phenoxy) is 2. The molecule has 1 saturated carbocycles. The second-order valence-electron chi connectivity index (χ2n) is 20.6. The Bertz CT molecular complexity index is 1450. The molecule has 322 valence electrons. The molecule has 1 aliphatic carbocycles. The topological polar surface area (TPSA) is 63.2 Å². The normalized spacial score (nSPS) is 21.4. The second kappa shape index (κ2) is 19.6. The smallest absolute Gasteiger partial charge is 0.416 e. The SMILES string of the molecule is CC(C)OC(=O)CCC/C=C\C[C@@H]1[C@@H](/C=C/[C@H](COc2cccc(C(F)(F)F)c2)O[Si](C)(C)C(C)(C)C)[C@H](O[Si](C)(C)C(C)(C)C)C[C@@H]1O[Si](C)(C)C(C)(C)C. The van der Waals surface area contributed by atoms with Gasteiger partial charge in [0.15, 0.2) is 25.0 Å². The molecular formula is C44H77F3O6Si3. The number of unbranched alkanes of at least 4 members (excludes halogenated alkanes) is 1. The zero-order valence-corrected chi connectivity index (χ0v) is 40.9. The minimum Gasteiger partial charge on any atom is -0.491 e. The highest BCUT2D eigenvalue weighted by molar-refractivity contribution is 6.75. The van der Waals surface area contributed by atoms with E-state index in [1.54, 1.807) is 6.07 Å². The highest BCUT2D eigenvalue weighted by Crippen LogP contribution is 2.48. The van der Waals surface area contributed by atoms with E-state index in [9.17, 15) is 18.0 Å². The summed E-state index contributed by atoms with van der Waals surface area (Å²) in [4.78, 5) is 12.1. The summed E-state index contributed by atoms with van der Waals surface area (Å²) in [5, 5.41) is -0.0827. The van der Waals surface area contributed by atoms with Gasteiger partial charge in [-0.1, -0.05) is 92.7 Å². The Morgan fingerprint density at radius 1 is 0.821 bits per heavy atom. The Kier molecular flexibility index (Phi) is 17.6. The minimum absolute atomic E-state index is 0.00146. The predicted octanol–water partition coefficient (Wildman–Crippen LogP) is 13.5. The maximum absolute atomic E-state index is 13.6. The van der Waals surface area contributed by atoms with Crippen LogP contribution in [0.2, 0.25) is 54.4 Å². The molecule has 0 aliphatic heterocycles. The first-order valence-electron chi connectivity index (χ1n) is 20.6. The number of rotatable bonds is 18. The van der Waals surface area contributed by atoms with Gasteiger partial charge in [-0.2, -0.15) is 13.2 Å². The maximum atomic E-state index is 13.6. The molecule has 0 heterocycles. The summed E-state index contributed by atoms with van der Waals surface area (Å²) in [6.45, 7) is 37.4. The largest absolute Gasteiger partial charge is 0.491 e. The lowest BCUT2D eigenvalue weighted by atomic mass is 9.89. The Labute approximate surface area is 342 Å². The molecule has 1 aliphatic rings. The third kappa shape index (κ3) is 15.1. The summed E-state index contributed by atoms with van der Waals surface area (Å²) in [6.07, 6.45) is 6.91. The van der Waals surface area contributed by atoms with Crippen molar-refractivity contribution in [1.29, 1.82) is 0 Å². The minimum atomic E-state index is -4.47. The lowest BCUT2D eigenvalue weighted by Gasteiger charge is -2.40. The van der Waals surface area contributed by atoms with Gasteiger partial charge < -0.3 is 22.8 Å². The van der Waals surface area contributed by atoms with E-state index in [0.29, 0.717) is 6.42 Å². The number of carbonyl (C=O) groups is 1. The first-order chi connectivity index (χ1) is 25.3. The van der Waals surface area contributed by atoms with Crippen molar-refractivity contribution in [2.24, 2.45) is 11.8 Å². The fourth-order valence-electron chi connectivity index (χ4n) is 5.97. The molecule has 2 rings (SSSR count). The number of benzene rings is 1. The fourth-order valence-corrected chi connectivity index (χ4v) is 9.97. The monoisotopic (exact) mass is 842 g/mol. The summed E-state index contributed by atoms with van der Waals surface area (Å²) < 4.78 is 73.6. The van der Waals surface area contributed by atoms with Crippen LogP contribution in [0.4, 0.5) is 13.2 Å². The molecule has 0 radical (unpaired) electrons. The van der Waals surface area contributed by atoms with Crippen LogP contribution < -0.4 is 4.74 Å². The van der Waals surface area contributed by atoms with Gasteiger partial charge in [-0.05, 0) is 118 Å². The van der Waals surface area contributed by atoms with E-state index in [0.717, 1.165) is 37.8 Å². The molecule has 6 nitrogen and oxygen atoms in total. The number of hydrogen-bond acceptors (Lipinski definition) is 6. The molecule has 5 atom stereocenters. The van der Waals surface area contributed by atoms with Crippen LogP contribution >= 0.6 is 0 Å². The van der Waals surface area contributed by atoms with Crippen molar-refractivity contribution in [1.82, 2.24) is 0 Å². The van der Waals surface area contributed by atoms with Crippen LogP contribution in [0.15, 0.2) is 48.6 Å². The third-order valence-corrected chi connectivity index (χ3v) is 26.0. The molecule has 1 aromatic rings. The average molecular weight is 843 g/mol. The maximum Gasteiger partial charge on any atom is 0.416 e. The van der Waals surface area contributed by atoms with E-state index in [2.05, 4.69) is 126 Å². The number of alkyl halides is 3. The van der Waals surface area contributed by atoms with Crippen LogP contribution in [0.5, 0.6) is 5.75 Å². The van der Waals surface area contributed by atoms with Crippen molar-refractivity contribution >= 4 is 30.9 Å². The van der Waals surface area contributed by atoms with E-state index in [4.69, 9.17) is 22.8 Å². The standard InChI is InChI=1S/C44H77F3O6Si3/c1-32(2)50-40(48)26-21-19-18-20-25-36-37(39(53-56(16,17)43(9,10)11)30-38(36)52-55(14,15)42(6,7)8)28-27-35(51-54(12,13)41(3,4)5)31-49-34-24-22-23-33(29-34)44(45,46)47/h18,20,22-24,27-29,32,35-39H,19,21,25-26,30-31H2,1-17H3/b20-18-,28-27+/t35-,36-,37-,38+,39-/m1/s1. The molecule has 1 fully saturated rings. The van der Waals surface area contributed by atoms with Crippen molar-refractivity contribution in [2.45, 2.75) is 193 Å². The molecule has 1 aromatic carbocycles. The van der Waals surface area contributed by atoms with Gasteiger partial charge in [0.05, 0.1) is 30.0 Å². The molecule has 0 saturated heterocycles. The van der Waals surface area contributed by atoms with Gasteiger partial charge in [0.25, 0.3) is 0 Å². The summed E-state index contributed by atoms with van der Waals surface area (Å²) in [6, 6.07) is 5.03. The Balaban J connectivity index is 2.60. The molecule has 0 aromatic heterocycles. The van der Waals surface area contributed by atoms with Gasteiger partial charge in [-0.25, -0.2) is 0 Å². The molecule has 12 heteroatoms. The number of halogens is 3. The summed E-state index contributed by atoms with van der Waals surface area (Å²) in [5.41, 5.74) is -0.747. The fraction of sp³-hybridized carbons (Fsp3) is 0.750. The van der Waals surface area contributed by atoms with E-state index < -0.39 is 42.8 Å². The van der Waals surface area contributed by atoms with Gasteiger partial charge in [-0.15, -0.1) is 0 Å². The van der Waals surface area contributed by atoms with Gasteiger partial charge in [0, 0.05) is 12.3 Å². The number of allylic oxidation sites excluding steroid dienone is 2. The van der Waals surface area contributed by atoms with Crippen molar-refractivity contribution in [3.8, 4) is 5.75 Å². The molecule has 0 N–H and O–H groups in total. The highest BCUT2D eigenvalue weighted by Gasteiger charge is 2.50. The van der Waals surface area contributed by atoms with Crippen molar-refractivity contribution < 1.29 is 40.7 Å². The van der Waals surface area contributed by atoms with Crippen molar-refractivity contribution in [3.05, 3.63) is 54.1 Å². The quantitative estimate of drug-likeness (QED) is 0.0635. The Morgan fingerprint density at radius 2 is 1.38 bits per heavy atom. The van der Waals surface area contributed by atoms with E-state index >= 15 is 0 Å². The van der Waals surface area contributed by atoms with Gasteiger partial charge in [-0.3, -0.25) is 4.79 Å². The van der Waals surface area contributed by atoms with Gasteiger partial charge in [0.1, 0.15) is 12.4 Å². The Morgan fingerprint density at radius 3 is 1.89 bits per heavy atom. The molecular weight excluding hydrogens is 766 g/mol. The lowest BCUT2D eigenvalue weighted by molar-refractivity contribution is -0.147. The van der Waals surface area contributed by atoms with E-state index in [-0.39, 0.29) is 63.6 Å². The number of hydrogen-bond donors (Lipinski definition) is 0. The molecule has 0 amide bonds. The van der Waals surface area contributed by atoms with E-state index in [1.807, 2.05) is 13.8 Å². The summed E-state index contributed by atoms with van der Waals surface area (Å²) in [5.74, 6) is 0.0774. The molecule has 56 heavy (non-hydrogen) atoms. The summed E-state index contributed by atoms with van der Waals surface area (Å²) in [7, 11) is -6.74. The summed E-state index contributed by atoms with van der Waals surface area (Å²) >= 11 is 0. The van der Waals surface area contributed by atoms with Gasteiger partial charge in [0.2, 0.25) is 0 Å². The zero-order chi connectivity index (χ0) is 43.1. The second-order valence-corrected chi connectivity index (χ2v) is 34.9. The van der Waals surface area contributed by atoms with Crippen LogP contribution in [-0.2, 0) is 29.0 Å². The zero-order valence-electron chi connectivity index (χ0n) is 37.9. The van der Waals surface area contributed by atoms with Crippen molar-refractivity contribution in [3.63, 3.8) is 0 Å². The lowest BCUT2D eigenvalue weighted by Crippen LogP contribution is -2.45. The van der Waals surface area contributed by atoms with Crippen LogP contribution in [0.25, 0.3) is 0 Å². The first-order valence-corrected chi connectivity index (χ1v) is 29.4. The van der Waals surface area contributed by atoms with Crippen LogP contribution in [0.3, 0.4) is 0 Å². The van der Waals surface area contributed by atoms with Crippen LogP contribution in [0.1, 0.15) is 114 Å². The van der Waals surface area contributed by atoms with Crippen LogP contribution in [0, 0.1) is 11.8 Å². The highest BCUT2D eigenvalue weighted by atomic mass is 28.4. The van der Waals surface area contributed by atoms with Gasteiger partial charge >= 0.3 is 12.1 Å². The van der Waals surface area contributed by atoms with Crippen molar-refractivity contribution in [2.75, 3.05) is 6.61 Å². The predicted molar refractivity (Wildman–Crippen MR) is 233 cm³/mol. The number of esters is 1. The third-order valence-electron chi connectivity index (χ3n) is 12.4. The van der Waals surface area contributed by atoms with E-state index in [1.165, 1.54) is 6.07 Å².